The van der Waals surface area contributed by atoms with E-state index in [0.29, 0.717) is 6.10 Å². The number of rotatable bonds is 6. The van der Waals surface area contributed by atoms with Crippen LogP contribution in [-0.2, 0) is 4.74 Å². The van der Waals surface area contributed by atoms with E-state index < -0.39 is 0 Å². The van der Waals surface area contributed by atoms with Gasteiger partial charge in [-0.2, -0.15) is 0 Å². The average Bonchev–Trinajstić information content (AvgIpc) is 2.49. The van der Waals surface area contributed by atoms with E-state index in [2.05, 4.69) is 17.4 Å². The van der Waals surface area contributed by atoms with Crippen molar-refractivity contribution in [2.75, 3.05) is 20.8 Å². The fraction of sp³-hybridized carbons (Fsp3) is 0.625. The molecule has 1 aromatic rings. The molecule has 3 nitrogen and oxygen atoms in total. The van der Waals surface area contributed by atoms with Crippen molar-refractivity contribution in [2.24, 2.45) is 0 Å². The first-order valence-corrected chi connectivity index (χ1v) is 7.26. The maximum atomic E-state index is 6.06. The van der Waals surface area contributed by atoms with E-state index in [9.17, 15) is 0 Å². The lowest BCUT2D eigenvalue weighted by Crippen LogP contribution is -2.26. The zero-order valence-electron chi connectivity index (χ0n) is 12.0. The molecule has 1 unspecified atom stereocenters. The summed E-state index contributed by atoms with van der Waals surface area (Å²) >= 11 is 0. The Bertz CT molecular complexity index is 375. The smallest absolute Gasteiger partial charge is 0.119 e. The van der Waals surface area contributed by atoms with Crippen LogP contribution >= 0.6 is 0 Å². The molecule has 0 amide bonds. The van der Waals surface area contributed by atoms with Crippen molar-refractivity contribution >= 4 is 0 Å². The van der Waals surface area contributed by atoms with E-state index in [0.717, 1.165) is 12.4 Å². The van der Waals surface area contributed by atoms with Crippen LogP contribution in [0.1, 0.15) is 43.7 Å². The van der Waals surface area contributed by atoms with Gasteiger partial charge in [-0.05, 0) is 37.6 Å². The topological polar surface area (TPSA) is 30.5 Å². The Kier molecular flexibility index (Phi) is 5.67. The molecule has 1 aliphatic carbocycles. The molecule has 0 aliphatic heterocycles. The van der Waals surface area contributed by atoms with Crippen LogP contribution in [0.3, 0.4) is 0 Å². The molecule has 1 fully saturated rings. The standard InChI is InChI=1S/C16H25NO2/c1-17-16(12-19-14-8-4-3-5-9-14)13-7-6-10-15(11-13)18-2/h6-7,10-11,14,16-17H,3-5,8-9,12H2,1-2H3. The summed E-state index contributed by atoms with van der Waals surface area (Å²) in [5.74, 6) is 0.899. The Labute approximate surface area is 116 Å². The van der Waals surface area contributed by atoms with Crippen molar-refractivity contribution < 1.29 is 9.47 Å². The maximum Gasteiger partial charge on any atom is 0.119 e. The van der Waals surface area contributed by atoms with Gasteiger partial charge in [-0.15, -0.1) is 0 Å². The Morgan fingerprint density at radius 2 is 2.05 bits per heavy atom. The van der Waals surface area contributed by atoms with Crippen LogP contribution in [0, 0.1) is 0 Å². The fourth-order valence-electron chi connectivity index (χ4n) is 2.67. The summed E-state index contributed by atoms with van der Waals surface area (Å²) in [6, 6.07) is 8.42. The molecule has 0 aromatic heterocycles. The number of ether oxygens (including phenoxy) is 2. The van der Waals surface area contributed by atoms with Crippen LogP contribution in [0.25, 0.3) is 0 Å². The highest BCUT2D eigenvalue weighted by Crippen LogP contribution is 2.23. The van der Waals surface area contributed by atoms with Gasteiger partial charge in [-0.3, -0.25) is 0 Å². The molecular formula is C16H25NO2. The third-order valence-electron chi connectivity index (χ3n) is 3.90. The lowest BCUT2D eigenvalue weighted by atomic mass is 9.97. The van der Waals surface area contributed by atoms with Gasteiger partial charge in [0.2, 0.25) is 0 Å². The third kappa shape index (κ3) is 4.22. The van der Waals surface area contributed by atoms with Gasteiger partial charge in [0, 0.05) is 0 Å². The first kappa shape index (κ1) is 14.4. The summed E-state index contributed by atoms with van der Waals surface area (Å²) in [6.07, 6.45) is 6.88. The van der Waals surface area contributed by atoms with Gasteiger partial charge in [-0.25, -0.2) is 0 Å². The van der Waals surface area contributed by atoms with Crippen LogP contribution in [0.15, 0.2) is 24.3 Å². The monoisotopic (exact) mass is 263 g/mol. The van der Waals surface area contributed by atoms with E-state index in [4.69, 9.17) is 9.47 Å². The molecule has 19 heavy (non-hydrogen) atoms. The largest absolute Gasteiger partial charge is 0.497 e. The van der Waals surface area contributed by atoms with Crippen molar-refractivity contribution in [2.45, 2.75) is 44.2 Å². The highest BCUT2D eigenvalue weighted by Gasteiger charge is 2.17. The van der Waals surface area contributed by atoms with Crippen LogP contribution in [0.2, 0.25) is 0 Å². The molecule has 2 rings (SSSR count). The second-order valence-corrected chi connectivity index (χ2v) is 5.21. The van der Waals surface area contributed by atoms with Gasteiger partial charge in [-0.1, -0.05) is 31.4 Å². The van der Waals surface area contributed by atoms with Crippen molar-refractivity contribution in [3.63, 3.8) is 0 Å². The molecule has 0 radical (unpaired) electrons. The van der Waals surface area contributed by atoms with E-state index in [1.807, 2.05) is 19.2 Å². The zero-order valence-corrected chi connectivity index (χ0v) is 12.0. The lowest BCUT2D eigenvalue weighted by Gasteiger charge is -2.25. The molecule has 0 heterocycles. The molecule has 0 bridgehead atoms. The van der Waals surface area contributed by atoms with E-state index in [-0.39, 0.29) is 6.04 Å². The van der Waals surface area contributed by atoms with Crippen molar-refractivity contribution in [3.8, 4) is 5.75 Å². The van der Waals surface area contributed by atoms with Crippen LogP contribution in [0.5, 0.6) is 5.75 Å². The van der Waals surface area contributed by atoms with Gasteiger partial charge in [0.15, 0.2) is 0 Å². The van der Waals surface area contributed by atoms with E-state index in [1.165, 1.54) is 37.7 Å². The second-order valence-electron chi connectivity index (χ2n) is 5.21. The minimum Gasteiger partial charge on any atom is -0.497 e. The summed E-state index contributed by atoms with van der Waals surface area (Å²) in [7, 11) is 3.68. The molecule has 1 saturated carbocycles. The van der Waals surface area contributed by atoms with Crippen LogP contribution < -0.4 is 10.1 Å². The van der Waals surface area contributed by atoms with Crippen molar-refractivity contribution in [1.82, 2.24) is 5.32 Å². The molecule has 3 heteroatoms. The number of hydrogen-bond donors (Lipinski definition) is 1. The quantitative estimate of drug-likeness (QED) is 0.854. The van der Waals surface area contributed by atoms with Crippen LogP contribution in [0.4, 0.5) is 0 Å². The average molecular weight is 263 g/mol. The van der Waals surface area contributed by atoms with Gasteiger partial charge in [0.05, 0.1) is 25.9 Å². The predicted molar refractivity (Wildman–Crippen MR) is 77.6 cm³/mol. The molecular weight excluding hydrogens is 238 g/mol. The van der Waals surface area contributed by atoms with Gasteiger partial charge in [0.25, 0.3) is 0 Å². The van der Waals surface area contributed by atoms with Crippen molar-refractivity contribution in [3.05, 3.63) is 29.8 Å². The highest BCUT2D eigenvalue weighted by atomic mass is 16.5. The third-order valence-corrected chi connectivity index (χ3v) is 3.90. The molecule has 1 aromatic carbocycles. The van der Waals surface area contributed by atoms with Gasteiger partial charge in [0.1, 0.15) is 5.75 Å². The molecule has 106 valence electrons. The first-order valence-electron chi connectivity index (χ1n) is 7.26. The Balaban J connectivity index is 1.91. The lowest BCUT2D eigenvalue weighted by molar-refractivity contribution is 0.0165. The zero-order chi connectivity index (χ0) is 13.5. The maximum absolute atomic E-state index is 6.06. The minimum absolute atomic E-state index is 0.233. The normalized spacial score (nSPS) is 18.2. The SMILES string of the molecule is CNC(COC1CCCCC1)c1cccc(OC)c1. The molecule has 1 aliphatic rings. The summed E-state index contributed by atoms with van der Waals surface area (Å²) in [6.45, 7) is 0.730. The van der Waals surface area contributed by atoms with Gasteiger partial charge >= 0.3 is 0 Å². The van der Waals surface area contributed by atoms with E-state index in [1.54, 1.807) is 7.11 Å². The number of likely N-dealkylation sites (N-methyl/N-ethyl adjacent to an activating group) is 1. The Morgan fingerprint density at radius 3 is 2.74 bits per heavy atom. The van der Waals surface area contributed by atoms with Gasteiger partial charge < -0.3 is 14.8 Å². The molecule has 1 atom stereocenters. The highest BCUT2D eigenvalue weighted by molar-refractivity contribution is 5.30. The summed E-state index contributed by atoms with van der Waals surface area (Å²) < 4.78 is 11.3. The Hall–Kier alpha value is -1.06. The second kappa shape index (κ2) is 7.51. The van der Waals surface area contributed by atoms with Crippen LogP contribution in [-0.4, -0.2) is 26.9 Å². The Morgan fingerprint density at radius 1 is 1.26 bits per heavy atom. The fourth-order valence-corrected chi connectivity index (χ4v) is 2.67. The molecule has 0 spiro atoms. The minimum atomic E-state index is 0.233. The number of hydrogen-bond acceptors (Lipinski definition) is 3. The number of nitrogens with one attached hydrogen (secondary N) is 1. The summed E-state index contributed by atoms with van der Waals surface area (Å²) in [5.41, 5.74) is 1.22. The summed E-state index contributed by atoms with van der Waals surface area (Å²) in [5, 5.41) is 3.33. The molecule has 1 N–H and O–H groups in total. The van der Waals surface area contributed by atoms with E-state index >= 15 is 0 Å². The summed E-state index contributed by atoms with van der Waals surface area (Å²) in [4.78, 5) is 0. The first-order chi connectivity index (χ1) is 9.33. The number of benzene rings is 1. The molecule has 0 saturated heterocycles. The predicted octanol–water partition coefficient (Wildman–Crippen LogP) is 3.31. The van der Waals surface area contributed by atoms with Crippen molar-refractivity contribution in [1.29, 1.82) is 0 Å². The number of methoxy groups -OCH3 is 1.